The maximum absolute atomic E-state index is 13.0. The van der Waals surface area contributed by atoms with Gasteiger partial charge >= 0.3 is 0 Å². The van der Waals surface area contributed by atoms with E-state index in [2.05, 4.69) is 10.6 Å². The van der Waals surface area contributed by atoms with Crippen LogP contribution in [0.25, 0.3) is 10.9 Å². The molecule has 7 heteroatoms. The number of nitrogens with one attached hydrogen (secondary N) is 2. The second-order valence-electron chi connectivity index (χ2n) is 5.83. The van der Waals surface area contributed by atoms with E-state index >= 15 is 0 Å². The molecule has 3 amide bonds. The van der Waals surface area contributed by atoms with Gasteiger partial charge in [-0.2, -0.15) is 0 Å². The van der Waals surface area contributed by atoms with Gasteiger partial charge < -0.3 is 20.1 Å². The molecule has 1 aromatic heterocycles. The third kappa shape index (κ3) is 2.73. The fourth-order valence-corrected chi connectivity index (χ4v) is 3.08. The molecule has 126 valence electrons. The summed E-state index contributed by atoms with van der Waals surface area (Å²) in [6.07, 6.45) is -0.0436. The van der Waals surface area contributed by atoms with Crippen LogP contribution in [-0.2, 0) is 16.6 Å². The maximum Gasteiger partial charge on any atom is 0.271 e. The van der Waals surface area contributed by atoms with Gasteiger partial charge in [-0.1, -0.05) is 18.2 Å². The van der Waals surface area contributed by atoms with Crippen LogP contribution in [-0.4, -0.2) is 53.4 Å². The lowest BCUT2D eigenvalue weighted by atomic mass is 10.1. The average molecular weight is 328 g/mol. The smallest absolute Gasteiger partial charge is 0.271 e. The molecule has 0 spiro atoms. The van der Waals surface area contributed by atoms with Gasteiger partial charge in [0.1, 0.15) is 11.7 Å². The second kappa shape index (κ2) is 6.35. The Labute approximate surface area is 139 Å². The number of benzene rings is 1. The van der Waals surface area contributed by atoms with Crippen molar-refractivity contribution in [3.63, 3.8) is 0 Å². The number of amides is 3. The summed E-state index contributed by atoms with van der Waals surface area (Å²) in [6.45, 7) is 0.770. The molecule has 1 unspecified atom stereocenters. The van der Waals surface area contributed by atoms with Crippen molar-refractivity contribution in [2.24, 2.45) is 7.05 Å². The number of aromatic nitrogens is 1. The van der Waals surface area contributed by atoms with E-state index in [1.165, 1.54) is 11.9 Å². The summed E-state index contributed by atoms with van der Waals surface area (Å²) in [5, 5.41) is 6.19. The molecule has 1 atom stereocenters. The molecular formula is C17H20N4O3. The molecule has 24 heavy (non-hydrogen) atoms. The van der Waals surface area contributed by atoms with Gasteiger partial charge in [0, 0.05) is 38.1 Å². The first-order chi connectivity index (χ1) is 11.5. The van der Waals surface area contributed by atoms with Gasteiger partial charge in [0.2, 0.25) is 11.8 Å². The summed E-state index contributed by atoms with van der Waals surface area (Å²) in [4.78, 5) is 38.4. The Morgan fingerprint density at radius 3 is 2.79 bits per heavy atom. The Hall–Kier alpha value is -2.83. The zero-order valence-corrected chi connectivity index (χ0v) is 13.7. The summed E-state index contributed by atoms with van der Waals surface area (Å²) in [5.74, 6) is -0.804. The Bertz CT molecular complexity index is 811. The number of para-hydroxylation sites is 1. The minimum atomic E-state index is -0.788. The van der Waals surface area contributed by atoms with E-state index in [9.17, 15) is 14.4 Å². The van der Waals surface area contributed by atoms with Crippen molar-refractivity contribution < 1.29 is 14.4 Å². The fourth-order valence-electron chi connectivity index (χ4n) is 3.08. The number of piperazine rings is 1. The minimum Gasteiger partial charge on any atom is -0.359 e. The highest BCUT2D eigenvalue weighted by atomic mass is 16.2. The van der Waals surface area contributed by atoms with Gasteiger partial charge in [-0.05, 0) is 12.1 Å². The first kappa shape index (κ1) is 16.0. The van der Waals surface area contributed by atoms with Gasteiger partial charge in [-0.15, -0.1) is 0 Å². The average Bonchev–Trinajstić information content (AvgIpc) is 2.93. The number of rotatable bonds is 3. The number of aryl methyl sites for hydroxylation is 1. The minimum absolute atomic E-state index is 0.0436. The number of hydrogen-bond acceptors (Lipinski definition) is 3. The van der Waals surface area contributed by atoms with Crippen molar-refractivity contribution in [1.29, 1.82) is 0 Å². The summed E-state index contributed by atoms with van der Waals surface area (Å²) in [7, 11) is 3.34. The third-order valence-electron chi connectivity index (χ3n) is 4.42. The molecule has 1 aliphatic heterocycles. The molecule has 2 N–H and O–H groups in total. The Morgan fingerprint density at radius 1 is 1.33 bits per heavy atom. The van der Waals surface area contributed by atoms with Crippen LogP contribution in [0.2, 0.25) is 0 Å². The van der Waals surface area contributed by atoms with Gasteiger partial charge in [-0.3, -0.25) is 14.4 Å². The van der Waals surface area contributed by atoms with Crippen LogP contribution in [0.4, 0.5) is 0 Å². The molecule has 1 aliphatic rings. The van der Waals surface area contributed by atoms with Crippen LogP contribution in [0, 0.1) is 0 Å². The van der Waals surface area contributed by atoms with E-state index < -0.39 is 6.04 Å². The molecule has 1 fully saturated rings. The van der Waals surface area contributed by atoms with Gasteiger partial charge in [0.05, 0.1) is 6.42 Å². The standard InChI is InChI=1S/C17H20N4O3/c1-18-15(22)10-13-16(23)19-7-8-21(13)17(24)14-9-11-5-3-4-6-12(11)20(14)2/h3-6,9,13H,7-8,10H2,1-2H3,(H,18,22)(H,19,23). The van der Waals surface area contributed by atoms with Crippen LogP contribution in [0.5, 0.6) is 0 Å². The van der Waals surface area contributed by atoms with Crippen LogP contribution in [0.3, 0.4) is 0 Å². The normalized spacial score (nSPS) is 17.7. The molecule has 1 aromatic carbocycles. The number of fused-ring (bicyclic) bond motifs is 1. The zero-order valence-electron chi connectivity index (χ0n) is 13.7. The van der Waals surface area contributed by atoms with Crippen molar-refractivity contribution >= 4 is 28.6 Å². The van der Waals surface area contributed by atoms with Crippen molar-refractivity contribution in [1.82, 2.24) is 20.1 Å². The molecule has 2 aromatic rings. The highest BCUT2D eigenvalue weighted by Gasteiger charge is 2.35. The predicted octanol–water partition coefficient (Wildman–Crippen LogP) is 0.255. The highest BCUT2D eigenvalue weighted by Crippen LogP contribution is 2.21. The van der Waals surface area contributed by atoms with Crippen molar-refractivity contribution in [2.75, 3.05) is 20.1 Å². The van der Waals surface area contributed by atoms with Crippen molar-refractivity contribution in [2.45, 2.75) is 12.5 Å². The quantitative estimate of drug-likeness (QED) is 0.847. The number of hydrogen-bond donors (Lipinski definition) is 2. The Morgan fingerprint density at radius 2 is 2.08 bits per heavy atom. The highest BCUT2D eigenvalue weighted by molar-refractivity contribution is 6.02. The fraction of sp³-hybridized carbons (Fsp3) is 0.353. The van der Waals surface area contributed by atoms with Crippen LogP contribution >= 0.6 is 0 Å². The maximum atomic E-state index is 13.0. The first-order valence-corrected chi connectivity index (χ1v) is 7.86. The molecular weight excluding hydrogens is 308 g/mol. The summed E-state index contributed by atoms with van der Waals surface area (Å²) in [6, 6.07) is 8.75. The van der Waals surface area contributed by atoms with Crippen LogP contribution in [0.15, 0.2) is 30.3 Å². The second-order valence-corrected chi connectivity index (χ2v) is 5.83. The van der Waals surface area contributed by atoms with E-state index in [0.717, 1.165) is 10.9 Å². The number of carbonyl (C=O) groups excluding carboxylic acids is 3. The molecule has 0 aliphatic carbocycles. The lowest BCUT2D eigenvalue weighted by Crippen LogP contribution is -2.58. The van der Waals surface area contributed by atoms with Gasteiger partial charge in [0.15, 0.2) is 0 Å². The first-order valence-electron chi connectivity index (χ1n) is 7.86. The van der Waals surface area contributed by atoms with E-state index in [1.807, 2.05) is 41.9 Å². The zero-order chi connectivity index (χ0) is 17.3. The number of nitrogens with zero attached hydrogens (tertiary/aromatic N) is 2. The third-order valence-corrected chi connectivity index (χ3v) is 4.42. The summed E-state index contributed by atoms with van der Waals surface area (Å²) < 4.78 is 1.82. The molecule has 0 bridgehead atoms. The molecule has 0 radical (unpaired) electrons. The van der Waals surface area contributed by atoms with E-state index in [0.29, 0.717) is 18.8 Å². The van der Waals surface area contributed by atoms with Gasteiger partial charge in [0.25, 0.3) is 5.91 Å². The van der Waals surface area contributed by atoms with Crippen LogP contribution in [0.1, 0.15) is 16.9 Å². The SMILES string of the molecule is CNC(=O)CC1C(=O)NCCN1C(=O)c1cc2ccccc2n1C. The van der Waals surface area contributed by atoms with Crippen molar-refractivity contribution in [3.05, 3.63) is 36.0 Å². The van der Waals surface area contributed by atoms with E-state index in [4.69, 9.17) is 0 Å². The summed E-state index contributed by atoms with van der Waals surface area (Å²) >= 11 is 0. The predicted molar refractivity (Wildman–Crippen MR) is 89.4 cm³/mol. The lowest BCUT2D eigenvalue weighted by molar-refractivity contribution is -0.132. The van der Waals surface area contributed by atoms with E-state index in [-0.39, 0.29) is 24.1 Å². The molecule has 1 saturated heterocycles. The molecule has 2 heterocycles. The molecule has 7 nitrogen and oxygen atoms in total. The van der Waals surface area contributed by atoms with Gasteiger partial charge in [-0.25, -0.2) is 0 Å². The molecule has 3 rings (SSSR count). The summed E-state index contributed by atoms with van der Waals surface area (Å²) in [5.41, 5.74) is 1.46. The van der Waals surface area contributed by atoms with Crippen LogP contribution < -0.4 is 10.6 Å². The molecule has 0 saturated carbocycles. The van der Waals surface area contributed by atoms with Crippen molar-refractivity contribution in [3.8, 4) is 0 Å². The number of carbonyl (C=O) groups is 3. The van der Waals surface area contributed by atoms with E-state index in [1.54, 1.807) is 0 Å². The largest absolute Gasteiger partial charge is 0.359 e. The monoisotopic (exact) mass is 328 g/mol. The lowest BCUT2D eigenvalue weighted by Gasteiger charge is -2.34. The Balaban J connectivity index is 1.94. The topological polar surface area (TPSA) is 83.4 Å². The Kier molecular flexibility index (Phi) is 4.24.